The highest BCUT2D eigenvalue weighted by atomic mass is 16.4. The molecule has 2 atom stereocenters. The van der Waals surface area contributed by atoms with Crippen LogP contribution in [-0.4, -0.2) is 41.5 Å². The molecule has 0 aromatic rings. The summed E-state index contributed by atoms with van der Waals surface area (Å²) in [6.07, 6.45) is 2.00. The number of nitrogens with two attached hydrogens (primary N) is 1. The predicted octanol–water partition coefficient (Wildman–Crippen LogP) is 1.32. The summed E-state index contributed by atoms with van der Waals surface area (Å²) in [5.41, 5.74) is 4.92. The molecule has 1 saturated heterocycles. The number of rotatable bonds is 6. The first-order chi connectivity index (χ1) is 8.88. The topological polar surface area (TPSA) is 83.6 Å². The minimum Gasteiger partial charge on any atom is -0.481 e. The van der Waals surface area contributed by atoms with Gasteiger partial charge in [0.1, 0.15) is 0 Å². The van der Waals surface area contributed by atoms with Gasteiger partial charge < -0.3 is 15.7 Å². The maximum atomic E-state index is 12.4. The predicted molar refractivity (Wildman–Crippen MR) is 73.6 cm³/mol. The van der Waals surface area contributed by atoms with Gasteiger partial charge in [-0.15, -0.1) is 0 Å². The fraction of sp³-hybridized carbons (Fsp3) is 0.857. The van der Waals surface area contributed by atoms with Crippen LogP contribution in [0.2, 0.25) is 0 Å². The van der Waals surface area contributed by atoms with Gasteiger partial charge in [0.25, 0.3) is 0 Å². The van der Waals surface area contributed by atoms with Crippen molar-refractivity contribution in [2.45, 2.75) is 40.0 Å². The van der Waals surface area contributed by atoms with E-state index >= 15 is 0 Å². The van der Waals surface area contributed by atoms with Gasteiger partial charge in [0, 0.05) is 19.6 Å². The number of hydrogen-bond acceptors (Lipinski definition) is 3. The number of hydrogen-bond donors (Lipinski definition) is 2. The van der Waals surface area contributed by atoms with E-state index in [2.05, 4.69) is 0 Å². The lowest BCUT2D eigenvalue weighted by Crippen LogP contribution is -2.42. The van der Waals surface area contributed by atoms with E-state index in [1.807, 2.05) is 20.8 Å². The van der Waals surface area contributed by atoms with Gasteiger partial charge in [-0.05, 0) is 18.8 Å². The standard InChI is InChI=1S/C14H26N2O3/c1-4-5-14(13(18)19)6-7-16(9-14)12(17)11(8-15)10(2)3/h10-11H,4-9,15H2,1-3H3,(H,18,19). The molecule has 0 spiro atoms. The molecule has 0 saturated carbocycles. The minimum absolute atomic E-state index is 0.0109. The lowest BCUT2D eigenvalue weighted by Gasteiger charge is -2.27. The van der Waals surface area contributed by atoms with Crippen LogP contribution in [0.4, 0.5) is 0 Å². The maximum Gasteiger partial charge on any atom is 0.311 e. The molecule has 1 rings (SSSR count). The molecule has 1 heterocycles. The van der Waals surface area contributed by atoms with Gasteiger partial charge in [-0.1, -0.05) is 27.2 Å². The Bertz CT molecular complexity index is 344. The van der Waals surface area contributed by atoms with Gasteiger partial charge in [0.15, 0.2) is 0 Å². The van der Waals surface area contributed by atoms with E-state index in [4.69, 9.17) is 5.73 Å². The molecule has 5 nitrogen and oxygen atoms in total. The van der Waals surface area contributed by atoms with Gasteiger partial charge in [0.05, 0.1) is 11.3 Å². The van der Waals surface area contributed by atoms with E-state index in [1.54, 1.807) is 4.90 Å². The molecule has 0 radical (unpaired) electrons. The van der Waals surface area contributed by atoms with Crippen molar-refractivity contribution in [3.63, 3.8) is 0 Å². The van der Waals surface area contributed by atoms with Crippen LogP contribution in [0.5, 0.6) is 0 Å². The van der Waals surface area contributed by atoms with Gasteiger partial charge in [0.2, 0.25) is 5.91 Å². The largest absolute Gasteiger partial charge is 0.481 e. The zero-order valence-corrected chi connectivity index (χ0v) is 12.2. The van der Waals surface area contributed by atoms with E-state index in [-0.39, 0.29) is 17.7 Å². The minimum atomic E-state index is -0.779. The Morgan fingerprint density at radius 2 is 2.05 bits per heavy atom. The van der Waals surface area contributed by atoms with Crippen molar-refractivity contribution in [2.75, 3.05) is 19.6 Å². The molecule has 0 aromatic carbocycles. The van der Waals surface area contributed by atoms with E-state index < -0.39 is 11.4 Å². The second kappa shape index (κ2) is 6.37. The summed E-state index contributed by atoms with van der Waals surface area (Å²) >= 11 is 0. The first kappa shape index (κ1) is 16.0. The highest BCUT2D eigenvalue weighted by Gasteiger charge is 2.46. The first-order valence-corrected chi connectivity index (χ1v) is 7.10. The summed E-state index contributed by atoms with van der Waals surface area (Å²) in [5.74, 6) is -0.787. The van der Waals surface area contributed by atoms with Crippen molar-refractivity contribution in [3.05, 3.63) is 0 Å². The molecule has 2 unspecified atom stereocenters. The molecule has 0 bridgehead atoms. The first-order valence-electron chi connectivity index (χ1n) is 7.10. The smallest absolute Gasteiger partial charge is 0.311 e. The quantitative estimate of drug-likeness (QED) is 0.762. The number of carbonyl (C=O) groups excluding carboxylic acids is 1. The number of carboxylic acids is 1. The molecular weight excluding hydrogens is 244 g/mol. The maximum absolute atomic E-state index is 12.4. The van der Waals surface area contributed by atoms with Crippen LogP contribution < -0.4 is 5.73 Å². The van der Waals surface area contributed by atoms with Gasteiger partial charge in [-0.3, -0.25) is 9.59 Å². The number of likely N-dealkylation sites (tertiary alicyclic amines) is 1. The van der Waals surface area contributed by atoms with Crippen molar-refractivity contribution in [1.29, 1.82) is 0 Å². The van der Waals surface area contributed by atoms with Gasteiger partial charge >= 0.3 is 5.97 Å². The summed E-state index contributed by atoms with van der Waals surface area (Å²) < 4.78 is 0. The highest BCUT2D eigenvalue weighted by Crippen LogP contribution is 2.36. The number of carbonyl (C=O) groups is 2. The van der Waals surface area contributed by atoms with Crippen molar-refractivity contribution < 1.29 is 14.7 Å². The van der Waals surface area contributed by atoms with Crippen LogP contribution in [-0.2, 0) is 9.59 Å². The Hall–Kier alpha value is -1.10. The zero-order valence-electron chi connectivity index (χ0n) is 12.2. The van der Waals surface area contributed by atoms with Gasteiger partial charge in [-0.2, -0.15) is 0 Å². The van der Waals surface area contributed by atoms with E-state index in [0.29, 0.717) is 32.5 Å². The molecule has 0 aliphatic carbocycles. The Balaban J connectivity index is 2.79. The van der Waals surface area contributed by atoms with E-state index in [1.165, 1.54) is 0 Å². The third kappa shape index (κ3) is 3.26. The molecule has 110 valence electrons. The van der Waals surface area contributed by atoms with E-state index in [0.717, 1.165) is 6.42 Å². The fourth-order valence-corrected chi connectivity index (χ4v) is 2.92. The molecule has 3 N–H and O–H groups in total. The fourth-order valence-electron chi connectivity index (χ4n) is 2.92. The average molecular weight is 270 g/mol. The second-order valence-electron chi connectivity index (χ2n) is 5.93. The molecule has 1 fully saturated rings. The van der Waals surface area contributed by atoms with E-state index in [9.17, 15) is 14.7 Å². The summed E-state index contributed by atoms with van der Waals surface area (Å²) in [6, 6.07) is 0. The monoisotopic (exact) mass is 270 g/mol. The lowest BCUT2D eigenvalue weighted by atomic mass is 9.82. The molecule has 19 heavy (non-hydrogen) atoms. The molecular formula is C14H26N2O3. The molecule has 0 aromatic heterocycles. The number of aliphatic carboxylic acids is 1. The second-order valence-corrected chi connectivity index (χ2v) is 5.93. The summed E-state index contributed by atoms with van der Waals surface area (Å²) in [6.45, 7) is 7.11. The Labute approximate surface area is 115 Å². The van der Waals surface area contributed by atoms with Crippen molar-refractivity contribution in [1.82, 2.24) is 4.90 Å². The average Bonchev–Trinajstić information content (AvgIpc) is 2.75. The van der Waals surface area contributed by atoms with Crippen molar-refractivity contribution in [2.24, 2.45) is 23.0 Å². The van der Waals surface area contributed by atoms with Crippen LogP contribution >= 0.6 is 0 Å². The third-order valence-corrected chi connectivity index (χ3v) is 4.22. The summed E-state index contributed by atoms with van der Waals surface area (Å²) in [5, 5.41) is 9.44. The van der Waals surface area contributed by atoms with Crippen LogP contribution in [0, 0.1) is 17.3 Å². The van der Waals surface area contributed by atoms with Crippen molar-refractivity contribution in [3.8, 4) is 0 Å². The summed E-state index contributed by atoms with van der Waals surface area (Å²) in [4.78, 5) is 25.6. The Kier molecular flexibility index (Phi) is 5.35. The Morgan fingerprint density at radius 3 is 2.47 bits per heavy atom. The molecule has 1 amide bonds. The number of amides is 1. The van der Waals surface area contributed by atoms with Crippen LogP contribution in [0.1, 0.15) is 40.0 Å². The normalized spacial score (nSPS) is 24.8. The highest BCUT2D eigenvalue weighted by molar-refractivity contribution is 5.82. The third-order valence-electron chi connectivity index (χ3n) is 4.22. The van der Waals surface area contributed by atoms with Gasteiger partial charge in [-0.25, -0.2) is 0 Å². The van der Waals surface area contributed by atoms with Crippen LogP contribution in [0.3, 0.4) is 0 Å². The van der Waals surface area contributed by atoms with Crippen LogP contribution in [0.15, 0.2) is 0 Å². The molecule has 1 aliphatic rings. The summed E-state index contributed by atoms with van der Waals surface area (Å²) in [7, 11) is 0. The number of carboxylic acid groups (broad SMARTS) is 1. The Morgan fingerprint density at radius 1 is 1.42 bits per heavy atom. The molecule has 5 heteroatoms. The zero-order chi connectivity index (χ0) is 14.6. The molecule has 1 aliphatic heterocycles. The van der Waals surface area contributed by atoms with Crippen molar-refractivity contribution >= 4 is 11.9 Å². The van der Waals surface area contributed by atoms with Crippen LogP contribution in [0.25, 0.3) is 0 Å². The SMILES string of the molecule is CCCC1(C(=O)O)CCN(C(=O)C(CN)C(C)C)C1. The lowest BCUT2D eigenvalue weighted by molar-refractivity contribution is -0.149. The number of nitrogens with zero attached hydrogens (tertiary/aromatic N) is 1.